The first-order valence-corrected chi connectivity index (χ1v) is 20.0. The fourth-order valence-electron chi connectivity index (χ4n) is 6.87. The fraction of sp³-hybridized carbons (Fsp3) is 0.786. The van der Waals surface area contributed by atoms with Crippen molar-refractivity contribution in [2.75, 3.05) is 0 Å². The van der Waals surface area contributed by atoms with Crippen LogP contribution < -0.4 is 4.57 Å². The predicted octanol–water partition coefficient (Wildman–Crippen LogP) is 13.3. The number of hydrogen-bond donors (Lipinski definition) is 0. The summed E-state index contributed by atoms with van der Waals surface area (Å²) in [5.41, 5.74) is 1.41. The molecule has 0 amide bonds. The normalized spacial score (nSPS) is 11.5. The number of unbranched alkanes of at least 4 members (excludes halogenated alkanes) is 26. The van der Waals surface area contributed by atoms with Crippen molar-refractivity contribution in [3.05, 3.63) is 54.1 Å². The first-order valence-electron chi connectivity index (χ1n) is 20.0. The molecule has 2 heteroatoms. The molecule has 0 aliphatic carbocycles. The van der Waals surface area contributed by atoms with Crippen LogP contribution in [0, 0.1) is 0 Å². The summed E-state index contributed by atoms with van der Waals surface area (Å²) in [6.07, 6.45) is 45.9. The molecule has 252 valence electrons. The Labute approximate surface area is 275 Å². The van der Waals surface area contributed by atoms with Crippen molar-refractivity contribution >= 4 is 0 Å². The van der Waals surface area contributed by atoms with Gasteiger partial charge < -0.3 is 0 Å². The van der Waals surface area contributed by atoms with Crippen molar-refractivity contribution in [2.45, 2.75) is 213 Å². The van der Waals surface area contributed by atoms with Gasteiger partial charge in [-0.25, -0.2) is 9.13 Å². The third-order valence-corrected chi connectivity index (χ3v) is 9.79. The van der Waals surface area contributed by atoms with Crippen LogP contribution in [0.15, 0.2) is 42.7 Å². The highest BCUT2D eigenvalue weighted by molar-refractivity contribution is 5.15. The summed E-state index contributed by atoms with van der Waals surface area (Å²) >= 11 is 0. The molecule has 0 atom stereocenters. The minimum Gasteiger partial charge on any atom is -0.234 e. The van der Waals surface area contributed by atoms with Crippen LogP contribution in [0.4, 0.5) is 0 Å². The number of imidazole rings is 1. The second kappa shape index (κ2) is 28.9. The molecular formula is C42H75N2+. The molecule has 0 bridgehead atoms. The minimum atomic E-state index is 1.00. The molecule has 0 spiro atoms. The van der Waals surface area contributed by atoms with E-state index in [1.54, 1.807) is 5.82 Å². The standard InChI is InChI=1S/C42H75N2/c1-3-5-7-9-11-13-15-16-17-18-19-20-22-24-26-28-33-37-43-38-39-44(40-41-34-30-29-31-35-41)42(43)36-32-27-25-23-21-14-12-10-8-6-4-2/h29-31,34-35,38-39H,3-28,32-33,36-37,40H2,1-2H3/q+1. The van der Waals surface area contributed by atoms with Crippen LogP contribution in [-0.2, 0) is 19.5 Å². The zero-order valence-corrected chi connectivity index (χ0v) is 29.9. The van der Waals surface area contributed by atoms with Gasteiger partial charge in [0.05, 0.1) is 6.54 Å². The zero-order chi connectivity index (χ0) is 31.2. The number of hydrogen-bond acceptors (Lipinski definition) is 0. The van der Waals surface area contributed by atoms with Crippen LogP contribution in [0.3, 0.4) is 0 Å². The fourth-order valence-corrected chi connectivity index (χ4v) is 6.87. The number of rotatable bonds is 32. The van der Waals surface area contributed by atoms with E-state index in [0.29, 0.717) is 0 Å². The molecule has 2 aromatic rings. The number of nitrogens with zero attached hydrogens (tertiary/aromatic N) is 2. The molecule has 0 aliphatic heterocycles. The summed E-state index contributed by atoms with van der Waals surface area (Å²) in [6.45, 7) is 6.80. The Morgan fingerprint density at radius 3 is 1.27 bits per heavy atom. The summed E-state index contributed by atoms with van der Waals surface area (Å²) in [7, 11) is 0. The second-order valence-electron chi connectivity index (χ2n) is 14.0. The molecule has 1 aromatic heterocycles. The number of aromatic nitrogens is 2. The van der Waals surface area contributed by atoms with E-state index in [0.717, 1.165) is 6.54 Å². The van der Waals surface area contributed by atoms with E-state index in [2.05, 4.69) is 65.7 Å². The third-order valence-electron chi connectivity index (χ3n) is 9.79. The maximum Gasteiger partial charge on any atom is 0.256 e. The molecule has 0 saturated carbocycles. The number of benzene rings is 1. The van der Waals surface area contributed by atoms with Crippen molar-refractivity contribution in [2.24, 2.45) is 0 Å². The molecule has 0 fully saturated rings. The summed E-state index contributed by atoms with van der Waals surface area (Å²) in [5, 5.41) is 0. The molecular weight excluding hydrogens is 532 g/mol. The van der Waals surface area contributed by atoms with E-state index in [-0.39, 0.29) is 0 Å². The van der Waals surface area contributed by atoms with E-state index in [9.17, 15) is 0 Å². The third kappa shape index (κ3) is 20.5. The minimum absolute atomic E-state index is 1.00. The Balaban J connectivity index is 1.56. The van der Waals surface area contributed by atoms with Gasteiger partial charge in [-0.3, -0.25) is 0 Å². The van der Waals surface area contributed by atoms with Crippen LogP contribution in [0.5, 0.6) is 0 Å². The second-order valence-corrected chi connectivity index (χ2v) is 14.0. The summed E-state index contributed by atoms with van der Waals surface area (Å²) in [5.74, 6) is 1.54. The molecule has 0 unspecified atom stereocenters. The lowest BCUT2D eigenvalue weighted by Gasteiger charge is -2.07. The lowest BCUT2D eigenvalue weighted by Crippen LogP contribution is -2.37. The summed E-state index contributed by atoms with van der Waals surface area (Å²) in [6, 6.07) is 11.0. The van der Waals surface area contributed by atoms with E-state index >= 15 is 0 Å². The van der Waals surface area contributed by atoms with E-state index in [1.165, 1.54) is 198 Å². The molecule has 0 aliphatic rings. The molecule has 0 N–H and O–H groups in total. The number of aryl methyl sites for hydroxylation is 1. The van der Waals surface area contributed by atoms with Gasteiger partial charge in [-0.05, 0) is 24.8 Å². The molecule has 2 nitrogen and oxygen atoms in total. The first kappa shape index (κ1) is 38.6. The largest absolute Gasteiger partial charge is 0.256 e. The lowest BCUT2D eigenvalue weighted by molar-refractivity contribution is -0.704. The van der Waals surface area contributed by atoms with Crippen LogP contribution in [0.1, 0.15) is 205 Å². The van der Waals surface area contributed by atoms with Crippen molar-refractivity contribution < 1.29 is 4.57 Å². The predicted molar refractivity (Wildman–Crippen MR) is 194 cm³/mol. The van der Waals surface area contributed by atoms with E-state index in [4.69, 9.17) is 0 Å². The Hall–Kier alpha value is -1.57. The maximum absolute atomic E-state index is 2.59. The summed E-state index contributed by atoms with van der Waals surface area (Å²) in [4.78, 5) is 0. The molecule has 1 aromatic carbocycles. The van der Waals surface area contributed by atoms with Gasteiger partial charge >= 0.3 is 0 Å². The Kier molecular flexibility index (Phi) is 25.3. The van der Waals surface area contributed by atoms with Crippen molar-refractivity contribution in [1.29, 1.82) is 0 Å². The van der Waals surface area contributed by atoms with Crippen molar-refractivity contribution in [3.63, 3.8) is 0 Å². The van der Waals surface area contributed by atoms with Crippen LogP contribution >= 0.6 is 0 Å². The highest BCUT2D eigenvalue weighted by Crippen LogP contribution is 2.16. The zero-order valence-electron chi connectivity index (χ0n) is 29.9. The van der Waals surface area contributed by atoms with Gasteiger partial charge in [-0.15, -0.1) is 0 Å². The quantitative estimate of drug-likeness (QED) is 0.0578. The van der Waals surface area contributed by atoms with Gasteiger partial charge in [0, 0.05) is 6.42 Å². The van der Waals surface area contributed by atoms with Gasteiger partial charge in [-0.2, -0.15) is 0 Å². The van der Waals surface area contributed by atoms with Crippen LogP contribution in [0.2, 0.25) is 0 Å². The van der Waals surface area contributed by atoms with Gasteiger partial charge in [-0.1, -0.05) is 205 Å². The maximum atomic E-state index is 2.59. The lowest BCUT2D eigenvalue weighted by atomic mass is 10.0. The monoisotopic (exact) mass is 608 g/mol. The van der Waals surface area contributed by atoms with Gasteiger partial charge in [0.25, 0.3) is 5.82 Å². The SMILES string of the molecule is CCCCCCCCCCCCCCCCCCC[n+]1ccn(Cc2ccccc2)c1CCCCCCCCCCCCC. The Morgan fingerprint density at radius 2 is 0.841 bits per heavy atom. The summed E-state index contributed by atoms with van der Waals surface area (Å²) < 4.78 is 5.11. The smallest absolute Gasteiger partial charge is 0.234 e. The van der Waals surface area contributed by atoms with Gasteiger partial charge in [0.1, 0.15) is 18.9 Å². The average molecular weight is 608 g/mol. The first-order chi connectivity index (χ1) is 21.8. The van der Waals surface area contributed by atoms with E-state index in [1.807, 2.05) is 0 Å². The molecule has 1 heterocycles. The average Bonchev–Trinajstić information content (AvgIpc) is 3.42. The Bertz CT molecular complexity index is 854. The van der Waals surface area contributed by atoms with Gasteiger partial charge in [0.15, 0.2) is 0 Å². The van der Waals surface area contributed by atoms with Crippen molar-refractivity contribution in [3.8, 4) is 0 Å². The highest BCUT2D eigenvalue weighted by atomic mass is 15.1. The van der Waals surface area contributed by atoms with Crippen molar-refractivity contribution in [1.82, 2.24) is 4.57 Å². The molecule has 0 radical (unpaired) electrons. The van der Waals surface area contributed by atoms with E-state index < -0.39 is 0 Å². The van der Waals surface area contributed by atoms with Crippen LogP contribution in [-0.4, -0.2) is 4.57 Å². The van der Waals surface area contributed by atoms with Gasteiger partial charge in [0.2, 0.25) is 0 Å². The molecule has 2 rings (SSSR count). The Morgan fingerprint density at radius 1 is 0.455 bits per heavy atom. The highest BCUT2D eigenvalue weighted by Gasteiger charge is 2.17. The molecule has 44 heavy (non-hydrogen) atoms. The van der Waals surface area contributed by atoms with Crippen LogP contribution in [0.25, 0.3) is 0 Å². The molecule has 0 saturated heterocycles. The topological polar surface area (TPSA) is 8.81 Å².